The molecule has 0 N–H and O–H groups in total. The van der Waals surface area contributed by atoms with E-state index in [0.717, 1.165) is 17.8 Å². The summed E-state index contributed by atoms with van der Waals surface area (Å²) in [5.74, 6) is 3.14. The van der Waals surface area contributed by atoms with E-state index in [4.69, 9.17) is 0 Å². The van der Waals surface area contributed by atoms with Crippen LogP contribution in [0, 0.1) is 17.8 Å². The summed E-state index contributed by atoms with van der Waals surface area (Å²) in [6, 6.07) is 0. The van der Waals surface area contributed by atoms with Crippen LogP contribution >= 0.6 is 0 Å². The maximum atomic E-state index is 2.48. The van der Waals surface area contributed by atoms with Gasteiger partial charge in [0, 0.05) is 6.54 Å². The van der Waals surface area contributed by atoms with Crippen molar-refractivity contribution >= 4 is 0 Å². The summed E-state index contributed by atoms with van der Waals surface area (Å²) in [7, 11) is 2.25. The van der Waals surface area contributed by atoms with Gasteiger partial charge in [-0.25, -0.2) is 0 Å². The van der Waals surface area contributed by atoms with Crippen LogP contribution in [0.4, 0.5) is 0 Å². The molecule has 64 valence electrons. The van der Waals surface area contributed by atoms with Crippen molar-refractivity contribution in [1.82, 2.24) is 4.90 Å². The van der Waals surface area contributed by atoms with Gasteiger partial charge < -0.3 is 4.90 Å². The molecule has 1 aliphatic heterocycles. The van der Waals surface area contributed by atoms with Crippen LogP contribution in [0.5, 0.6) is 0 Å². The first-order chi connectivity index (χ1) is 5.27. The molecule has 1 heterocycles. The van der Waals surface area contributed by atoms with Crippen LogP contribution in [-0.4, -0.2) is 25.0 Å². The van der Waals surface area contributed by atoms with Crippen molar-refractivity contribution in [3.63, 3.8) is 0 Å². The highest BCUT2D eigenvalue weighted by Crippen LogP contribution is 2.42. The Morgan fingerprint density at radius 3 is 2.36 bits per heavy atom. The van der Waals surface area contributed by atoms with E-state index < -0.39 is 0 Å². The fraction of sp³-hybridized carbons (Fsp3) is 1.00. The monoisotopic (exact) mass is 153 g/mol. The summed E-state index contributed by atoms with van der Waals surface area (Å²) in [5, 5.41) is 0. The second-order valence-electron chi connectivity index (χ2n) is 4.51. The summed E-state index contributed by atoms with van der Waals surface area (Å²) >= 11 is 0. The molecule has 2 unspecified atom stereocenters. The average Bonchev–Trinajstić information content (AvgIpc) is 2.74. The molecule has 1 saturated carbocycles. The highest BCUT2D eigenvalue weighted by molar-refractivity contribution is 4.86. The Labute approximate surface area is 69.8 Å². The third-order valence-electron chi connectivity index (χ3n) is 3.54. The zero-order valence-electron chi connectivity index (χ0n) is 7.71. The van der Waals surface area contributed by atoms with Gasteiger partial charge in [0.05, 0.1) is 0 Å². The predicted octanol–water partition coefficient (Wildman–Crippen LogP) is 1.98. The Balaban J connectivity index is 1.84. The second kappa shape index (κ2) is 2.78. The van der Waals surface area contributed by atoms with Crippen molar-refractivity contribution in [3.05, 3.63) is 0 Å². The van der Waals surface area contributed by atoms with Crippen LogP contribution in [0.15, 0.2) is 0 Å². The molecule has 1 aliphatic carbocycles. The lowest BCUT2D eigenvalue weighted by Crippen LogP contribution is -2.18. The van der Waals surface area contributed by atoms with Gasteiger partial charge in [0.1, 0.15) is 0 Å². The molecule has 2 fully saturated rings. The van der Waals surface area contributed by atoms with E-state index in [1.54, 1.807) is 0 Å². The van der Waals surface area contributed by atoms with E-state index in [2.05, 4.69) is 18.9 Å². The van der Waals surface area contributed by atoms with Crippen LogP contribution in [0.25, 0.3) is 0 Å². The van der Waals surface area contributed by atoms with E-state index in [0.29, 0.717) is 0 Å². The highest BCUT2D eigenvalue weighted by Gasteiger charge is 2.35. The lowest BCUT2D eigenvalue weighted by molar-refractivity contribution is 0.310. The maximum Gasteiger partial charge on any atom is 0.000973 e. The minimum Gasteiger partial charge on any atom is -0.306 e. The van der Waals surface area contributed by atoms with Crippen LogP contribution in [0.2, 0.25) is 0 Å². The average molecular weight is 153 g/mol. The van der Waals surface area contributed by atoms with Crippen molar-refractivity contribution in [3.8, 4) is 0 Å². The van der Waals surface area contributed by atoms with Gasteiger partial charge in [-0.3, -0.25) is 0 Å². The molecule has 0 radical (unpaired) electrons. The van der Waals surface area contributed by atoms with Crippen LogP contribution in [-0.2, 0) is 0 Å². The molecule has 0 aromatic rings. The molecule has 0 amide bonds. The molecule has 2 atom stereocenters. The molecule has 1 saturated heterocycles. The highest BCUT2D eigenvalue weighted by atomic mass is 15.1. The molecule has 1 nitrogen and oxygen atoms in total. The van der Waals surface area contributed by atoms with Crippen LogP contribution < -0.4 is 0 Å². The Kier molecular flexibility index (Phi) is 1.92. The lowest BCUT2D eigenvalue weighted by Gasteiger charge is -2.17. The molecule has 0 spiro atoms. The second-order valence-corrected chi connectivity index (χ2v) is 4.51. The molecule has 0 bridgehead atoms. The number of nitrogens with zero attached hydrogens (tertiary/aromatic N) is 1. The van der Waals surface area contributed by atoms with Crippen molar-refractivity contribution < 1.29 is 0 Å². The van der Waals surface area contributed by atoms with Crippen molar-refractivity contribution in [2.75, 3.05) is 20.1 Å². The lowest BCUT2D eigenvalue weighted by atomic mass is 9.89. The van der Waals surface area contributed by atoms with Crippen molar-refractivity contribution in [2.24, 2.45) is 17.8 Å². The van der Waals surface area contributed by atoms with Gasteiger partial charge >= 0.3 is 0 Å². The summed E-state index contributed by atoms with van der Waals surface area (Å²) in [5.41, 5.74) is 0. The minimum atomic E-state index is 1.01. The summed E-state index contributed by atoms with van der Waals surface area (Å²) < 4.78 is 0. The van der Waals surface area contributed by atoms with Gasteiger partial charge in [-0.05, 0) is 50.6 Å². The first-order valence-electron chi connectivity index (χ1n) is 4.96. The van der Waals surface area contributed by atoms with E-state index >= 15 is 0 Å². The number of likely N-dealkylation sites (tertiary alicyclic amines) is 1. The molecular formula is C10H19N. The maximum absolute atomic E-state index is 2.48. The molecule has 1 heteroatoms. The fourth-order valence-electron chi connectivity index (χ4n) is 2.41. The number of hydrogen-bond donors (Lipinski definition) is 0. The Bertz CT molecular complexity index is 140. The normalized spacial score (nSPS) is 36.0. The first kappa shape index (κ1) is 7.60. The van der Waals surface area contributed by atoms with Crippen LogP contribution in [0.3, 0.4) is 0 Å². The fourth-order valence-corrected chi connectivity index (χ4v) is 2.41. The molecule has 2 rings (SSSR count). The molecular weight excluding hydrogens is 134 g/mol. The topological polar surface area (TPSA) is 3.24 Å². The van der Waals surface area contributed by atoms with E-state index in [-0.39, 0.29) is 0 Å². The van der Waals surface area contributed by atoms with Crippen molar-refractivity contribution in [2.45, 2.75) is 26.2 Å². The standard InChI is InChI=1S/C10H19N/c1-8(9-3-4-9)10-5-6-11(2)7-10/h8-10H,3-7H2,1-2H3. The largest absolute Gasteiger partial charge is 0.306 e. The van der Waals surface area contributed by atoms with Gasteiger partial charge in [0.15, 0.2) is 0 Å². The van der Waals surface area contributed by atoms with Gasteiger partial charge in [0.2, 0.25) is 0 Å². The third kappa shape index (κ3) is 1.58. The zero-order chi connectivity index (χ0) is 7.84. The van der Waals surface area contributed by atoms with Crippen LogP contribution in [0.1, 0.15) is 26.2 Å². The van der Waals surface area contributed by atoms with E-state index in [1.165, 1.54) is 32.4 Å². The van der Waals surface area contributed by atoms with Gasteiger partial charge in [-0.15, -0.1) is 0 Å². The predicted molar refractivity (Wildman–Crippen MR) is 47.5 cm³/mol. The van der Waals surface area contributed by atoms with Gasteiger partial charge in [-0.1, -0.05) is 6.92 Å². The van der Waals surface area contributed by atoms with Gasteiger partial charge in [-0.2, -0.15) is 0 Å². The Hall–Kier alpha value is -0.0400. The van der Waals surface area contributed by atoms with Gasteiger partial charge in [0.25, 0.3) is 0 Å². The summed E-state index contributed by atoms with van der Waals surface area (Å²) in [4.78, 5) is 2.48. The Morgan fingerprint density at radius 1 is 1.18 bits per heavy atom. The molecule has 2 aliphatic rings. The molecule has 0 aromatic carbocycles. The quantitative estimate of drug-likeness (QED) is 0.586. The summed E-state index contributed by atoms with van der Waals surface area (Å²) in [6.45, 7) is 5.15. The third-order valence-corrected chi connectivity index (χ3v) is 3.54. The first-order valence-corrected chi connectivity index (χ1v) is 4.96. The smallest absolute Gasteiger partial charge is 0.000973 e. The zero-order valence-corrected chi connectivity index (χ0v) is 7.71. The van der Waals surface area contributed by atoms with Crippen molar-refractivity contribution in [1.29, 1.82) is 0 Å². The Morgan fingerprint density at radius 2 is 1.91 bits per heavy atom. The number of hydrogen-bond acceptors (Lipinski definition) is 1. The molecule has 11 heavy (non-hydrogen) atoms. The number of rotatable bonds is 2. The SMILES string of the molecule is CC(C1CC1)C1CCN(C)C1. The molecule has 0 aromatic heterocycles. The van der Waals surface area contributed by atoms with E-state index in [9.17, 15) is 0 Å². The van der Waals surface area contributed by atoms with E-state index in [1.807, 2.05) is 0 Å². The minimum absolute atomic E-state index is 1.01. The summed E-state index contributed by atoms with van der Waals surface area (Å²) in [6.07, 6.45) is 4.48.